The number of carbonyl (C=O) groups is 1. The summed E-state index contributed by atoms with van der Waals surface area (Å²) in [5.41, 5.74) is -1.62. The Labute approximate surface area is 206 Å². The van der Waals surface area contributed by atoms with E-state index in [9.17, 15) is 27.5 Å². The maximum Gasteiger partial charge on any atom is 0.419 e. The molecule has 0 saturated carbocycles. The van der Waals surface area contributed by atoms with Gasteiger partial charge in [0.25, 0.3) is 5.91 Å². The molecule has 5 rings (SSSR count). The second kappa shape index (κ2) is 8.96. The summed E-state index contributed by atoms with van der Waals surface area (Å²) in [6.45, 7) is 1.02. The molecule has 0 saturated heterocycles. The van der Waals surface area contributed by atoms with Crippen molar-refractivity contribution < 1.29 is 31.9 Å². The summed E-state index contributed by atoms with van der Waals surface area (Å²) in [6, 6.07) is 8.01. The molecule has 1 atom stereocenters. The Bertz CT molecular complexity index is 1580. The van der Waals surface area contributed by atoms with E-state index < -0.39 is 47.5 Å². The fourth-order valence-corrected chi connectivity index (χ4v) is 4.34. The molecule has 4 aromatic rings. The number of rotatable bonds is 4. The molecule has 1 aliphatic rings. The quantitative estimate of drug-likeness (QED) is 0.327. The molecular formula is C25H18F5N5O2. The van der Waals surface area contributed by atoms with Gasteiger partial charge in [0.1, 0.15) is 11.9 Å². The first-order chi connectivity index (χ1) is 17.6. The zero-order valence-electron chi connectivity index (χ0n) is 19.1. The average Bonchev–Trinajstić information content (AvgIpc) is 3.27. The Hall–Kier alpha value is -4.32. The molecule has 1 amide bonds. The van der Waals surface area contributed by atoms with Crippen molar-refractivity contribution in [2.75, 3.05) is 10.6 Å². The van der Waals surface area contributed by atoms with Crippen LogP contribution >= 0.6 is 0 Å². The van der Waals surface area contributed by atoms with Crippen LogP contribution in [0.2, 0.25) is 0 Å². The van der Waals surface area contributed by atoms with Gasteiger partial charge in [-0.1, -0.05) is 12.1 Å². The summed E-state index contributed by atoms with van der Waals surface area (Å²) < 4.78 is 70.4. The second-order valence-corrected chi connectivity index (χ2v) is 8.41. The van der Waals surface area contributed by atoms with E-state index in [1.807, 2.05) is 0 Å². The number of fused-ring (bicyclic) bond motifs is 2. The van der Waals surface area contributed by atoms with Crippen LogP contribution < -0.4 is 10.6 Å². The molecule has 37 heavy (non-hydrogen) atoms. The summed E-state index contributed by atoms with van der Waals surface area (Å²) in [6.07, 6.45) is -1.88. The third-order valence-corrected chi connectivity index (χ3v) is 6.04. The van der Waals surface area contributed by atoms with Crippen molar-refractivity contribution in [3.8, 4) is 0 Å². The first-order valence-corrected chi connectivity index (χ1v) is 11.0. The third-order valence-electron chi connectivity index (χ3n) is 6.04. The summed E-state index contributed by atoms with van der Waals surface area (Å²) >= 11 is 0. The number of halogens is 5. The highest BCUT2D eigenvalue weighted by atomic mass is 19.4. The number of benzene rings is 2. The normalized spacial score (nSPS) is 15.5. The third kappa shape index (κ3) is 4.29. The number of aliphatic hydroxyl groups is 1. The smallest absolute Gasteiger partial charge is 0.390 e. The molecule has 7 nitrogen and oxygen atoms in total. The summed E-state index contributed by atoms with van der Waals surface area (Å²) in [4.78, 5) is 17.5. The number of hydrogen-bond acceptors (Lipinski definition) is 5. The van der Waals surface area contributed by atoms with E-state index >= 15 is 4.39 Å². The van der Waals surface area contributed by atoms with E-state index in [1.165, 1.54) is 13.0 Å². The predicted octanol–water partition coefficient (Wildman–Crippen LogP) is 5.15. The van der Waals surface area contributed by atoms with E-state index in [4.69, 9.17) is 0 Å². The zero-order valence-corrected chi connectivity index (χ0v) is 19.1. The van der Waals surface area contributed by atoms with Crippen LogP contribution in [0.25, 0.3) is 10.8 Å². The van der Waals surface area contributed by atoms with Crippen LogP contribution in [-0.2, 0) is 17.6 Å². The molecule has 190 valence electrons. The molecule has 1 unspecified atom stereocenters. The Morgan fingerprint density at radius 1 is 1.11 bits per heavy atom. The second-order valence-electron chi connectivity index (χ2n) is 8.41. The van der Waals surface area contributed by atoms with Gasteiger partial charge in [0.15, 0.2) is 11.6 Å². The highest BCUT2D eigenvalue weighted by molar-refractivity contribution is 6.06. The van der Waals surface area contributed by atoms with Gasteiger partial charge >= 0.3 is 6.18 Å². The number of aromatic nitrogens is 3. The van der Waals surface area contributed by atoms with Crippen molar-refractivity contribution in [2.45, 2.75) is 25.7 Å². The van der Waals surface area contributed by atoms with Gasteiger partial charge in [-0.3, -0.25) is 9.78 Å². The molecule has 0 spiro atoms. The summed E-state index contributed by atoms with van der Waals surface area (Å²) in [5, 5.41) is 20.9. The molecule has 2 aromatic heterocycles. The number of aliphatic hydroxyl groups excluding tert-OH is 1. The number of allylic oxidation sites excluding steroid dienone is 1. The molecule has 2 aromatic carbocycles. The Morgan fingerprint density at radius 3 is 2.62 bits per heavy atom. The molecule has 12 heteroatoms. The van der Waals surface area contributed by atoms with Gasteiger partial charge in [-0.2, -0.15) is 18.3 Å². The van der Waals surface area contributed by atoms with Crippen molar-refractivity contribution in [2.24, 2.45) is 0 Å². The molecule has 0 bridgehead atoms. The highest BCUT2D eigenvalue weighted by Gasteiger charge is 2.40. The van der Waals surface area contributed by atoms with Gasteiger partial charge in [0.2, 0.25) is 0 Å². The molecule has 3 heterocycles. The number of pyridine rings is 1. The maximum absolute atomic E-state index is 15.2. The summed E-state index contributed by atoms with van der Waals surface area (Å²) in [5.74, 6) is -4.32. The van der Waals surface area contributed by atoms with Crippen LogP contribution in [0.4, 0.5) is 33.5 Å². The molecule has 0 aliphatic carbocycles. The molecule has 3 N–H and O–H groups in total. The van der Waals surface area contributed by atoms with E-state index in [0.717, 1.165) is 21.5 Å². The maximum atomic E-state index is 15.2. The number of amides is 1. The summed E-state index contributed by atoms with van der Waals surface area (Å²) in [7, 11) is 0. The first-order valence-electron chi connectivity index (χ1n) is 11.0. The predicted molar refractivity (Wildman–Crippen MR) is 124 cm³/mol. The minimum atomic E-state index is -5.12. The van der Waals surface area contributed by atoms with E-state index in [2.05, 4.69) is 20.7 Å². The van der Waals surface area contributed by atoms with Gasteiger partial charge in [0, 0.05) is 40.8 Å². The average molecular weight is 515 g/mol. The number of carbonyl (C=O) groups excluding carboxylic acids is 1. The van der Waals surface area contributed by atoms with E-state index in [1.54, 1.807) is 36.7 Å². The van der Waals surface area contributed by atoms with Gasteiger partial charge in [-0.15, -0.1) is 0 Å². The van der Waals surface area contributed by atoms with Crippen LogP contribution in [0.1, 0.15) is 29.8 Å². The molecule has 0 radical (unpaired) electrons. The largest absolute Gasteiger partial charge is 0.419 e. The van der Waals surface area contributed by atoms with Gasteiger partial charge in [-0.25, -0.2) is 13.5 Å². The lowest BCUT2D eigenvalue weighted by atomic mass is 9.93. The number of hydrogen-bond donors (Lipinski definition) is 3. The lowest BCUT2D eigenvalue weighted by Gasteiger charge is -2.30. The van der Waals surface area contributed by atoms with Crippen LogP contribution in [0.15, 0.2) is 66.1 Å². The van der Waals surface area contributed by atoms with Crippen LogP contribution in [-0.4, -0.2) is 25.8 Å². The standard InChI is InChI=1S/C25H18F5N5O2/c1-12-20(24(37)33-15-3-2-14-10-31-7-6-13(14)8-15)23(35-19(32-12)9-16(11-36)34-35)17-4-5-18(25(28,29)30)22(27)21(17)26/h2-10,23,32,36H,11H2,1H3,(H,33,37). The van der Waals surface area contributed by atoms with E-state index in [-0.39, 0.29) is 22.8 Å². The number of anilines is 2. The van der Waals surface area contributed by atoms with Gasteiger partial charge in [-0.05, 0) is 36.6 Å². The lowest BCUT2D eigenvalue weighted by Crippen LogP contribution is -2.32. The van der Waals surface area contributed by atoms with Crippen LogP contribution in [0.3, 0.4) is 0 Å². The lowest BCUT2D eigenvalue weighted by molar-refractivity contribution is -0.140. The Balaban J connectivity index is 1.62. The highest BCUT2D eigenvalue weighted by Crippen LogP contribution is 2.41. The fourth-order valence-electron chi connectivity index (χ4n) is 4.34. The topological polar surface area (TPSA) is 92.1 Å². The Kier molecular flexibility index (Phi) is 5.91. The van der Waals surface area contributed by atoms with Gasteiger partial charge in [0.05, 0.1) is 23.4 Å². The monoisotopic (exact) mass is 515 g/mol. The van der Waals surface area contributed by atoms with Crippen LogP contribution in [0.5, 0.6) is 0 Å². The van der Waals surface area contributed by atoms with E-state index in [0.29, 0.717) is 11.8 Å². The zero-order chi connectivity index (χ0) is 26.5. The van der Waals surface area contributed by atoms with Crippen molar-refractivity contribution in [1.29, 1.82) is 0 Å². The van der Waals surface area contributed by atoms with Crippen molar-refractivity contribution >= 4 is 28.2 Å². The Morgan fingerprint density at radius 2 is 1.89 bits per heavy atom. The van der Waals surface area contributed by atoms with Crippen LogP contribution in [0, 0.1) is 11.6 Å². The molecule has 0 fully saturated rings. The van der Waals surface area contributed by atoms with Crippen molar-refractivity contribution in [1.82, 2.24) is 14.8 Å². The molecule has 1 aliphatic heterocycles. The fraction of sp³-hybridized carbons (Fsp3) is 0.160. The van der Waals surface area contributed by atoms with Gasteiger partial charge < -0.3 is 15.7 Å². The number of alkyl halides is 3. The molecular weight excluding hydrogens is 497 g/mol. The minimum absolute atomic E-state index is 0.104. The number of nitrogens with one attached hydrogen (secondary N) is 2. The minimum Gasteiger partial charge on any atom is -0.390 e. The van der Waals surface area contributed by atoms with Crippen molar-refractivity contribution in [3.05, 3.63) is 94.6 Å². The first kappa shape index (κ1) is 24.4. The van der Waals surface area contributed by atoms with Crippen molar-refractivity contribution in [3.63, 3.8) is 0 Å². The number of nitrogens with zero attached hydrogens (tertiary/aromatic N) is 3. The SMILES string of the molecule is CC1=C(C(=O)Nc2ccc3cnccc3c2)C(c2ccc(C(F)(F)F)c(F)c2F)n2nc(CO)cc2N1.